The van der Waals surface area contributed by atoms with Crippen molar-refractivity contribution in [3.63, 3.8) is 0 Å². The van der Waals surface area contributed by atoms with Crippen molar-refractivity contribution in [2.75, 3.05) is 0 Å². The van der Waals surface area contributed by atoms with Gasteiger partial charge < -0.3 is 9.88 Å². The maximum atomic E-state index is 12.1. The van der Waals surface area contributed by atoms with Crippen LogP contribution in [0.15, 0.2) is 48.5 Å². The molecule has 4 heteroatoms. The van der Waals surface area contributed by atoms with Crippen LogP contribution in [0.2, 0.25) is 0 Å². The number of nitrogens with zero attached hydrogens (tertiary/aromatic N) is 2. The van der Waals surface area contributed by atoms with Gasteiger partial charge in [0.25, 0.3) is 0 Å². The van der Waals surface area contributed by atoms with Gasteiger partial charge in [-0.2, -0.15) is 0 Å². The van der Waals surface area contributed by atoms with Crippen molar-refractivity contribution in [2.45, 2.75) is 33.4 Å². The second-order valence-corrected chi connectivity index (χ2v) is 5.70. The van der Waals surface area contributed by atoms with E-state index in [0.29, 0.717) is 13.0 Å². The normalized spacial score (nSPS) is 10.9. The second-order valence-electron chi connectivity index (χ2n) is 5.70. The van der Waals surface area contributed by atoms with Crippen LogP contribution in [0, 0.1) is 6.92 Å². The predicted octanol–water partition coefficient (Wildman–Crippen LogP) is 3.22. The van der Waals surface area contributed by atoms with Gasteiger partial charge in [0.15, 0.2) is 0 Å². The molecule has 1 amide bonds. The fraction of sp³-hybridized carbons (Fsp3) is 0.263. The Balaban J connectivity index is 1.68. The molecular weight excluding hydrogens is 286 g/mol. The van der Waals surface area contributed by atoms with Gasteiger partial charge in [0.2, 0.25) is 5.91 Å². The zero-order chi connectivity index (χ0) is 16.2. The van der Waals surface area contributed by atoms with E-state index in [1.54, 1.807) is 0 Å². The first-order valence-corrected chi connectivity index (χ1v) is 7.93. The molecule has 0 aliphatic rings. The van der Waals surface area contributed by atoms with E-state index in [-0.39, 0.29) is 5.91 Å². The topological polar surface area (TPSA) is 46.9 Å². The summed E-state index contributed by atoms with van der Waals surface area (Å²) in [6.45, 7) is 5.42. The molecule has 1 heterocycles. The number of amides is 1. The standard InChI is InChI=1S/C19H21N3O/c1-3-22-17-7-5-4-6-16(17)21-18(22)13-20-19(23)12-15-10-8-14(2)9-11-15/h4-11H,3,12-13H2,1-2H3,(H,20,23). The molecule has 0 unspecified atom stereocenters. The molecule has 3 aromatic rings. The van der Waals surface area contributed by atoms with Gasteiger partial charge in [0.1, 0.15) is 5.82 Å². The van der Waals surface area contributed by atoms with Crippen molar-refractivity contribution in [1.82, 2.24) is 14.9 Å². The number of hydrogen-bond donors (Lipinski definition) is 1. The molecule has 118 valence electrons. The van der Waals surface area contributed by atoms with Crippen LogP contribution in [-0.2, 0) is 24.3 Å². The molecule has 0 saturated carbocycles. The Hall–Kier alpha value is -2.62. The number of carbonyl (C=O) groups excluding carboxylic acids is 1. The van der Waals surface area contributed by atoms with Crippen molar-refractivity contribution in [3.8, 4) is 0 Å². The maximum absolute atomic E-state index is 12.1. The molecule has 3 rings (SSSR count). The van der Waals surface area contributed by atoms with Gasteiger partial charge >= 0.3 is 0 Å². The Labute approximate surface area is 136 Å². The van der Waals surface area contributed by atoms with Crippen molar-refractivity contribution < 1.29 is 4.79 Å². The van der Waals surface area contributed by atoms with Gasteiger partial charge in [-0.3, -0.25) is 4.79 Å². The third-order valence-electron chi connectivity index (χ3n) is 3.98. The monoisotopic (exact) mass is 307 g/mol. The first-order valence-electron chi connectivity index (χ1n) is 7.93. The molecular formula is C19H21N3O. The highest BCUT2D eigenvalue weighted by molar-refractivity contribution is 5.79. The Morgan fingerprint density at radius 2 is 1.87 bits per heavy atom. The van der Waals surface area contributed by atoms with Crippen LogP contribution >= 0.6 is 0 Å². The number of carbonyl (C=O) groups is 1. The average Bonchev–Trinajstić information content (AvgIpc) is 2.92. The number of aryl methyl sites for hydroxylation is 2. The molecule has 0 aliphatic carbocycles. The molecule has 4 nitrogen and oxygen atoms in total. The van der Waals surface area contributed by atoms with E-state index in [0.717, 1.165) is 29.0 Å². The summed E-state index contributed by atoms with van der Waals surface area (Å²) in [6.07, 6.45) is 0.395. The molecule has 23 heavy (non-hydrogen) atoms. The smallest absolute Gasteiger partial charge is 0.224 e. The number of rotatable bonds is 5. The molecule has 0 radical (unpaired) electrons. The van der Waals surface area contributed by atoms with Crippen molar-refractivity contribution in [3.05, 3.63) is 65.5 Å². The lowest BCUT2D eigenvalue weighted by Gasteiger charge is -2.08. The summed E-state index contributed by atoms with van der Waals surface area (Å²) in [6, 6.07) is 16.1. The van der Waals surface area contributed by atoms with Gasteiger partial charge in [-0.25, -0.2) is 4.98 Å². The number of hydrogen-bond acceptors (Lipinski definition) is 2. The minimum atomic E-state index is 0.0172. The number of nitrogens with one attached hydrogen (secondary N) is 1. The second kappa shape index (κ2) is 6.65. The van der Waals surface area contributed by atoms with Crippen LogP contribution < -0.4 is 5.32 Å². The van der Waals surface area contributed by atoms with Gasteiger partial charge in [0, 0.05) is 6.54 Å². The van der Waals surface area contributed by atoms with Crippen LogP contribution in [-0.4, -0.2) is 15.5 Å². The highest BCUT2D eigenvalue weighted by Crippen LogP contribution is 2.15. The summed E-state index contributed by atoms with van der Waals surface area (Å²) >= 11 is 0. The van der Waals surface area contributed by atoms with E-state index in [2.05, 4.69) is 27.9 Å². The molecule has 0 fully saturated rings. The fourth-order valence-corrected chi connectivity index (χ4v) is 2.74. The summed E-state index contributed by atoms with van der Waals surface area (Å²) in [5.74, 6) is 0.912. The molecule has 0 saturated heterocycles. The van der Waals surface area contributed by atoms with E-state index < -0.39 is 0 Å². The molecule has 0 spiro atoms. The summed E-state index contributed by atoms with van der Waals surface area (Å²) in [5.41, 5.74) is 4.30. The number of para-hydroxylation sites is 2. The highest BCUT2D eigenvalue weighted by atomic mass is 16.1. The van der Waals surface area contributed by atoms with E-state index >= 15 is 0 Å². The van der Waals surface area contributed by atoms with Crippen molar-refractivity contribution in [1.29, 1.82) is 0 Å². The van der Waals surface area contributed by atoms with Gasteiger partial charge in [-0.1, -0.05) is 42.0 Å². The first kappa shape index (κ1) is 15.3. The molecule has 0 aliphatic heterocycles. The van der Waals surface area contributed by atoms with Crippen LogP contribution in [0.5, 0.6) is 0 Å². The Kier molecular flexibility index (Phi) is 4.42. The van der Waals surface area contributed by atoms with E-state index in [1.807, 2.05) is 49.4 Å². The lowest BCUT2D eigenvalue weighted by Crippen LogP contribution is -2.26. The van der Waals surface area contributed by atoms with Gasteiger partial charge in [-0.05, 0) is 31.5 Å². The predicted molar refractivity (Wildman–Crippen MR) is 92.1 cm³/mol. The molecule has 0 bridgehead atoms. The fourth-order valence-electron chi connectivity index (χ4n) is 2.74. The van der Waals surface area contributed by atoms with Crippen LogP contribution in [0.4, 0.5) is 0 Å². The summed E-state index contributed by atoms with van der Waals surface area (Å²) in [7, 11) is 0. The van der Waals surface area contributed by atoms with Crippen LogP contribution in [0.3, 0.4) is 0 Å². The average molecular weight is 307 g/mol. The van der Waals surface area contributed by atoms with Crippen molar-refractivity contribution >= 4 is 16.9 Å². The van der Waals surface area contributed by atoms with Crippen LogP contribution in [0.25, 0.3) is 11.0 Å². The third kappa shape index (κ3) is 3.42. The molecule has 1 N–H and O–H groups in total. The Bertz CT molecular complexity index is 818. The quantitative estimate of drug-likeness (QED) is 0.786. The zero-order valence-corrected chi connectivity index (χ0v) is 13.5. The van der Waals surface area contributed by atoms with Crippen molar-refractivity contribution in [2.24, 2.45) is 0 Å². The van der Waals surface area contributed by atoms with E-state index in [1.165, 1.54) is 5.56 Å². The lowest BCUT2D eigenvalue weighted by atomic mass is 10.1. The third-order valence-corrected chi connectivity index (χ3v) is 3.98. The Morgan fingerprint density at radius 1 is 1.13 bits per heavy atom. The summed E-state index contributed by atoms with van der Waals surface area (Å²) < 4.78 is 2.14. The lowest BCUT2D eigenvalue weighted by molar-refractivity contribution is -0.120. The van der Waals surface area contributed by atoms with Gasteiger partial charge in [-0.15, -0.1) is 0 Å². The SMILES string of the molecule is CCn1c(CNC(=O)Cc2ccc(C)cc2)nc2ccccc21. The molecule has 0 atom stereocenters. The van der Waals surface area contributed by atoms with Crippen LogP contribution in [0.1, 0.15) is 23.9 Å². The largest absolute Gasteiger partial charge is 0.349 e. The number of imidazole rings is 1. The molecule has 2 aromatic carbocycles. The first-order chi connectivity index (χ1) is 11.2. The number of benzene rings is 2. The van der Waals surface area contributed by atoms with E-state index in [9.17, 15) is 4.79 Å². The number of aromatic nitrogens is 2. The minimum Gasteiger partial charge on any atom is -0.349 e. The summed E-state index contributed by atoms with van der Waals surface area (Å²) in [4.78, 5) is 16.8. The summed E-state index contributed by atoms with van der Waals surface area (Å²) in [5, 5.41) is 2.98. The minimum absolute atomic E-state index is 0.0172. The zero-order valence-electron chi connectivity index (χ0n) is 13.5. The van der Waals surface area contributed by atoms with Gasteiger partial charge in [0.05, 0.1) is 24.0 Å². The van der Waals surface area contributed by atoms with E-state index in [4.69, 9.17) is 0 Å². The number of fused-ring (bicyclic) bond motifs is 1. The highest BCUT2D eigenvalue weighted by Gasteiger charge is 2.10. The maximum Gasteiger partial charge on any atom is 0.224 e. The molecule has 1 aromatic heterocycles. The Morgan fingerprint density at radius 3 is 2.61 bits per heavy atom.